The molecule has 1 aromatic carbocycles. The molecule has 3 nitrogen and oxygen atoms in total. The van der Waals surface area contributed by atoms with Crippen LogP contribution < -0.4 is 4.74 Å². The standard InChI is InChI=1S/C14H20O3/c1-12(4-3-9-15)10-17-11-13-5-7-14(16-2)8-6-13/h3-8,12,15H,9-11H2,1-2H3/b4-3+/t12-/m1/s1. The molecule has 0 saturated carbocycles. The van der Waals surface area contributed by atoms with Crippen LogP contribution in [0.1, 0.15) is 12.5 Å². The molecule has 1 rings (SSSR count). The van der Waals surface area contributed by atoms with E-state index in [4.69, 9.17) is 14.6 Å². The fraction of sp³-hybridized carbons (Fsp3) is 0.429. The second kappa shape index (κ2) is 7.87. The zero-order valence-electron chi connectivity index (χ0n) is 10.4. The van der Waals surface area contributed by atoms with Crippen LogP contribution in [-0.4, -0.2) is 25.4 Å². The van der Waals surface area contributed by atoms with Crippen molar-refractivity contribution >= 4 is 0 Å². The van der Waals surface area contributed by atoms with Crippen LogP contribution in [0.15, 0.2) is 36.4 Å². The molecule has 3 heteroatoms. The Hall–Kier alpha value is -1.32. The van der Waals surface area contributed by atoms with Gasteiger partial charge in [0, 0.05) is 0 Å². The van der Waals surface area contributed by atoms with E-state index in [9.17, 15) is 0 Å². The highest BCUT2D eigenvalue weighted by molar-refractivity contribution is 5.26. The number of hydrogen-bond donors (Lipinski definition) is 1. The van der Waals surface area contributed by atoms with Gasteiger partial charge in [-0.2, -0.15) is 0 Å². The van der Waals surface area contributed by atoms with Crippen molar-refractivity contribution in [1.82, 2.24) is 0 Å². The largest absolute Gasteiger partial charge is 0.497 e. The summed E-state index contributed by atoms with van der Waals surface area (Å²) in [6.07, 6.45) is 3.69. The van der Waals surface area contributed by atoms with Gasteiger partial charge in [0.2, 0.25) is 0 Å². The van der Waals surface area contributed by atoms with Gasteiger partial charge in [-0.3, -0.25) is 0 Å². The molecule has 1 aromatic rings. The summed E-state index contributed by atoms with van der Waals surface area (Å²) in [5.74, 6) is 1.17. The quantitative estimate of drug-likeness (QED) is 0.739. The lowest BCUT2D eigenvalue weighted by molar-refractivity contribution is 0.104. The Morgan fingerprint density at radius 2 is 2.00 bits per heavy atom. The maximum Gasteiger partial charge on any atom is 0.118 e. The van der Waals surface area contributed by atoms with Crippen molar-refractivity contribution in [2.75, 3.05) is 20.3 Å². The van der Waals surface area contributed by atoms with Crippen LogP contribution in [-0.2, 0) is 11.3 Å². The Kier molecular flexibility index (Phi) is 6.37. The lowest BCUT2D eigenvalue weighted by Gasteiger charge is -2.08. The highest BCUT2D eigenvalue weighted by atomic mass is 16.5. The number of benzene rings is 1. The molecule has 17 heavy (non-hydrogen) atoms. The van der Waals surface area contributed by atoms with E-state index in [-0.39, 0.29) is 6.61 Å². The van der Waals surface area contributed by atoms with Gasteiger partial charge < -0.3 is 14.6 Å². The first-order valence-corrected chi connectivity index (χ1v) is 5.74. The van der Waals surface area contributed by atoms with Gasteiger partial charge in [0.1, 0.15) is 5.75 Å². The minimum Gasteiger partial charge on any atom is -0.497 e. The third-order valence-corrected chi connectivity index (χ3v) is 2.38. The zero-order chi connectivity index (χ0) is 12.5. The molecule has 0 radical (unpaired) electrons. The molecule has 0 bridgehead atoms. The summed E-state index contributed by atoms with van der Waals surface area (Å²) in [5, 5.41) is 8.63. The van der Waals surface area contributed by atoms with Gasteiger partial charge in [0.25, 0.3) is 0 Å². The first-order chi connectivity index (χ1) is 8.26. The molecule has 1 atom stereocenters. The van der Waals surface area contributed by atoms with Crippen molar-refractivity contribution < 1.29 is 14.6 Å². The summed E-state index contributed by atoms with van der Waals surface area (Å²) >= 11 is 0. The summed E-state index contributed by atoms with van der Waals surface area (Å²) in [4.78, 5) is 0. The van der Waals surface area contributed by atoms with Crippen molar-refractivity contribution in [2.45, 2.75) is 13.5 Å². The Morgan fingerprint density at radius 1 is 1.29 bits per heavy atom. The predicted octanol–water partition coefficient (Wildman–Crippen LogP) is 2.40. The smallest absolute Gasteiger partial charge is 0.118 e. The van der Waals surface area contributed by atoms with E-state index in [1.54, 1.807) is 13.2 Å². The first-order valence-electron chi connectivity index (χ1n) is 5.74. The fourth-order valence-corrected chi connectivity index (χ4v) is 1.43. The molecular formula is C14H20O3. The molecule has 0 aliphatic rings. The predicted molar refractivity (Wildman–Crippen MR) is 68.0 cm³/mol. The SMILES string of the molecule is COc1ccc(COC[C@H](C)/C=C/CO)cc1. The van der Waals surface area contributed by atoms with Crippen LogP contribution in [0.25, 0.3) is 0 Å². The maximum atomic E-state index is 8.63. The number of hydrogen-bond acceptors (Lipinski definition) is 3. The topological polar surface area (TPSA) is 38.7 Å². The monoisotopic (exact) mass is 236 g/mol. The molecule has 1 N–H and O–H groups in total. The van der Waals surface area contributed by atoms with Crippen molar-refractivity contribution in [3.8, 4) is 5.75 Å². The van der Waals surface area contributed by atoms with E-state index in [0.717, 1.165) is 11.3 Å². The van der Waals surface area contributed by atoms with Crippen LogP contribution in [0.4, 0.5) is 0 Å². The summed E-state index contributed by atoms with van der Waals surface area (Å²) in [7, 11) is 1.65. The van der Waals surface area contributed by atoms with Crippen molar-refractivity contribution in [3.05, 3.63) is 42.0 Å². The molecule has 0 unspecified atom stereocenters. The Morgan fingerprint density at radius 3 is 2.59 bits per heavy atom. The van der Waals surface area contributed by atoms with Crippen LogP contribution >= 0.6 is 0 Å². The van der Waals surface area contributed by atoms with E-state index in [1.807, 2.05) is 30.3 Å². The zero-order valence-corrected chi connectivity index (χ0v) is 10.4. The van der Waals surface area contributed by atoms with Gasteiger partial charge in [0.15, 0.2) is 0 Å². The van der Waals surface area contributed by atoms with E-state index < -0.39 is 0 Å². The van der Waals surface area contributed by atoms with Crippen LogP contribution in [0, 0.1) is 5.92 Å². The van der Waals surface area contributed by atoms with Gasteiger partial charge in [-0.1, -0.05) is 31.2 Å². The number of ether oxygens (including phenoxy) is 2. The van der Waals surface area contributed by atoms with Crippen LogP contribution in [0.5, 0.6) is 5.75 Å². The van der Waals surface area contributed by atoms with Crippen LogP contribution in [0.3, 0.4) is 0 Å². The van der Waals surface area contributed by atoms with E-state index in [1.165, 1.54) is 0 Å². The summed E-state index contributed by atoms with van der Waals surface area (Å²) in [5.41, 5.74) is 1.13. The number of aliphatic hydroxyl groups is 1. The normalized spacial score (nSPS) is 12.9. The molecule has 0 aromatic heterocycles. The van der Waals surface area contributed by atoms with Gasteiger partial charge >= 0.3 is 0 Å². The van der Waals surface area contributed by atoms with Crippen LogP contribution in [0.2, 0.25) is 0 Å². The first kappa shape index (κ1) is 13.7. The molecule has 0 aliphatic heterocycles. The molecule has 0 aliphatic carbocycles. The average molecular weight is 236 g/mol. The second-order valence-electron chi connectivity index (χ2n) is 3.95. The van der Waals surface area contributed by atoms with Crippen molar-refractivity contribution in [1.29, 1.82) is 0 Å². The molecule has 0 spiro atoms. The van der Waals surface area contributed by atoms with E-state index in [2.05, 4.69) is 6.92 Å². The highest BCUT2D eigenvalue weighted by Gasteiger charge is 1.98. The fourth-order valence-electron chi connectivity index (χ4n) is 1.43. The third-order valence-electron chi connectivity index (χ3n) is 2.38. The van der Waals surface area contributed by atoms with Gasteiger partial charge in [0.05, 0.1) is 26.9 Å². The lowest BCUT2D eigenvalue weighted by atomic mass is 10.2. The maximum absolute atomic E-state index is 8.63. The lowest BCUT2D eigenvalue weighted by Crippen LogP contribution is -2.03. The van der Waals surface area contributed by atoms with E-state index in [0.29, 0.717) is 19.1 Å². The average Bonchev–Trinajstić information content (AvgIpc) is 2.37. The summed E-state index contributed by atoms with van der Waals surface area (Å²) in [6.45, 7) is 3.40. The van der Waals surface area contributed by atoms with Crippen molar-refractivity contribution in [2.24, 2.45) is 5.92 Å². The summed E-state index contributed by atoms with van der Waals surface area (Å²) < 4.78 is 10.7. The van der Waals surface area contributed by atoms with Gasteiger partial charge in [-0.05, 0) is 23.6 Å². The van der Waals surface area contributed by atoms with Crippen molar-refractivity contribution in [3.63, 3.8) is 0 Å². The summed E-state index contributed by atoms with van der Waals surface area (Å²) in [6, 6.07) is 7.84. The molecule has 0 amide bonds. The Balaban J connectivity index is 2.28. The third kappa shape index (κ3) is 5.52. The number of aliphatic hydroxyl groups excluding tert-OH is 1. The Labute approximate surface area is 103 Å². The minimum absolute atomic E-state index is 0.0861. The second-order valence-corrected chi connectivity index (χ2v) is 3.95. The minimum atomic E-state index is 0.0861. The van der Waals surface area contributed by atoms with E-state index >= 15 is 0 Å². The molecule has 0 saturated heterocycles. The Bertz CT molecular complexity index is 330. The molecular weight excluding hydrogens is 216 g/mol. The van der Waals surface area contributed by atoms with Gasteiger partial charge in [-0.25, -0.2) is 0 Å². The molecule has 0 heterocycles. The molecule has 0 fully saturated rings. The highest BCUT2D eigenvalue weighted by Crippen LogP contribution is 2.12. The number of methoxy groups -OCH3 is 1. The molecule has 94 valence electrons. The van der Waals surface area contributed by atoms with Gasteiger partial charge in [-0.15, -0.1) is 0 Å². The number of rotatable bonds is 7.